The van der Waals surface area contributed by atoms with Crippen molar-refractivity contribution in [2.24, 2.45) is 0 Å². The summed E-state index contributed by atoms with van der Waals surface area (Å²) in [7, 11) is 0. The largest absolute Gasteiger partial charge is 0.367 e. The second-order valence-corrected chi connectivity index (χ2v) is 5.82. The molecule has 0 radical (unpaired) electrons. The lowest BCUT2D eigenvalue weighted by Crippen LogP contribution is -2.23. The molecule has 0 aromatic heterocycles. The molecule has 0 saturated heterocycles. The zero-order valence-electron chi connectivity index (χ0n) is 11.9. The van der Waals surface area contributed by atoms with Gasteiger partial charge in [-0.2, -0.15) is 0 Å². The molecule has 0 atom stereocenters. The first-order chi connectivity index (χ1) is 9.78. The number of alkyl halides is 1. The molecule has 0 saturated carbocycles. The number of nitrogens with zero attached hydrogens (tertiary/aromatic N) is 1. The molecule has 0 aliphatic carbocycles. The van der Waals surface area contributed by atoms with E-state index in [2.05, 4.69) is 54.3 Å². The van der Waals surface area contributed by atoms with Crippen molar-refractivity contribution in [1.29, 1.82) is 0 Å². The molecule has 0 amide bonds. The zero-order chi connectivity index (χ0) is 13.9. The van der Waals surface area contributed by atoms with Gasteiger partial charge in [0.2, 0.25) is 0 Å². The van der Waals surface area contributed by atoms with Crippen LogP contribution in [0.2, 0.25) is 0 Å². The summed E-state index contributed by atoms with van der Waals surface area (Å²) in [6.45, 7) is 4.31. The van der Waals surface area contributed by atoms with Gasteiger partial charge >= 0.3 is 0 Å². The Morgan fingerprint density at radius 2 is 1.90 bits per heavy atom. The van der Waals surface area contributed by atoms with Crippen molar-refractivity contribution in [3.8, 4) is 0 Å². The van der Waals surface area contributed by atoms with Crippen molar-refractivity contribution in [2.75, 3.05) is 11.4 Å². The van der Waals surface area contributed by atoms with Crippen molar-refractivity contribution in [1.82, 2.24) is 0 Å². The Hall–Kier alpha value is -1.47. The molecule has 2 heteroatoms. The zero-order valence-corrected chi connectivity index (χ0v) is 12.7. The maximum absolute atomic E-state index is 5.92. The first kappa shape index (κ1) is 13.5. The van der Waals surface area contributed by atoms with Crippen molar-refractivity contribution in [3.63, 3.8) is 0 Å². The molecule has 1 heterocycles. The normalized spacial score (nSPS) is 14.8. The maximum Gasteiger partial charge on any atom is 0.0474 e. The van der Waals surface area contributed by atoms with Crippen molar-refractivity contribution in [2.45, 2.75) is 32.2 Å². The molecule has 104 valence electrons. The molecule has 0 fully saturated rings. The summed E-state index contributed by atoms with van der Waals surface area (Å²) in [6, 6.07) is 15.4. The standard InChI is InChI=1S/C18H20ClN/c1-14-11-15(12-19)8-9-18(14)20-10-4-7-16-5-2-3-6-17(16)13-20/h2-3,5-6,8-9,11H,4,7,10,12-13H2,1H3. The highest BCUT2D eigenvalue weighted by Crippen LogP contribution is 2.27. The highest BCUT2D eigenvalue weighted by atomic mass is 35.5. The van der Waals surface area contributed by atoms with E-state index in [-0.39, 0.29) is 0 Å². The highest BCUT2D eigenvalue weighted by molar-refractivity contribution is 6.17. The fourth-order valence-corrected chi connectivity index (χ4v) is 3.23. The van der Waals surface area contributed by atoms with Gasteiger partial charge in [0.05, 0.1) is 0 Å². The third kappa shape index (κ3) is 2.69. The van der Waals surface area contributed by atoms with Gasteiger partial charge in [-0.25, -0.2) is 0 Å². The Kier molecular flexibility index (Phi) is 3.98. The Bertz CT molecular complexity index is 606. The van der Waals surface area contributed by atoms with E-state index in [1.165, 1.54) is 40.8 Å². The Labute approximate surface area is 126 Å². The topological polar surface area (TPSA) is 3.24 Å². The van der Waals surface area contributed by atoms with E-state index < -0.39 is 0 Å². The van der Waals surface area contributed by atoms with Crippen LogP contribution < -0.4 is 4.90 Å². The van der Waals surface area contributed by atoms with Crippen LogP contribution in [0.1, 0.15) is 28.7 Å². The van der Waals surface area contributed by atoms with Gasteiger partial charge in [0, 0.05) is 24.7 Å². The molecule has 0 spiro atoms. The molecule has 0 N–H and O–H groups in total. The summed E-state index contributed by atoms with van der Waals surface area (Å²) < 4.78 is 0. The van der Waals surface area contributed by atoms with E-state index in [0.29, 0.717) is 5.88 Å². The molecular weight excluding hydrogens is 266 g/mol. The number of rotatable bonds is 2. The molecule has 2 aromatic carbocycles. The smallest absolute Gasteiger partial charge is 0.0474 e. The molecule has 1 aliphatic heterocycles. The van der Waals surface area contributed by atoms with Crippen molar-refractivity contribution in [3.05, 3.63) is 64.7 Å². The van der Waals surface area contributed by atoms with Crippen LogP contribution in [0.15, 0.2) is 42.5 Å². The van der Waals surface area contributed by atoms with Crippen molar-refractivity contribution < 1.29 is 0 Å². The van der Waals surface area contributed by atoms with Gasteiger partial charge in [0.1, 0.15) is 0 Å². The monoisotopic (exact) mass is 285 g/mol. The molecule has 0 unspecified atom stereocenters. The minimum Gasteiger partial charge on any atom is -0.367 e. The van der Waals surface area contributed by atoms with Crippen molar-refractivity contribution >= 4 is 17.3 Å². The Morgan fingerprint density at radius 1 is 1.10 bits per heavy atom. The molecule has 1 nitrogen and oxygen atoms in total. The van der Waals surface area contributed by atoms with Crippen LogP contribution in [0.3, 0.4) is 0 Å². The van der Waals surface area contributed by atoms with Crippen LogP contribution in [0, 0.1) is 6.92 Å². The number of aryl methyl sites for hydroxylation is 2. The van der Waals surface area contributed by atoms with Crippen LogP contribution in [-0.2, 0) is 18.8 Å². The van der Waals surface area contributed by atoms with Gasteiger partial charge in [-0.15, -0.1) is 11.6 Å². The molecule has 1 aliphatic rings. The number of hydrogen-bond acceptors (Lipinski definition) is 1. The SMILES string of the molecule is Cc1cc(CCl)ccc1N1CCCc2ccccc2C1. The lowest BCUT2D eigenvalue weighted by Gasteiger charge is -2.25. The van der Waals surface area contributed by atoms with E-state index in [4.69, 9.17) is 11.6 Å². The number of fused-ring (bicyclic) bond motifs is 1. The van der Waals surface area contributed by atoms with Gasteiger partial charge in [0.25, 0.3) is 0 Å². The van der Waals surface area contributed by atoms with Gasteiger partial charge < -0.3 is 4.90 Å². The van der Waals surface area contributed by atoms with E-state index in [1.54, 1.807) is 0 Å². The maximum atomic E-state index is 5.92. The molecule has 0 bridgehead atoms. The van der Waals surface area contributed by atoms with Gasteiger partial charge in [-0.05, 0) is 48.1 Å². The lowest BCUT2D eigenvalue weighted by atomic mass is 10.0. The molecular formula is C18H20ClN. The fraction of sp³-hybridized carbons (Fsp3) is 0.333. The number of benzene rings is 2. The number of halogens is 1. The summed E-state index contributed by atoms with van der Waals surface area (Å²) in [5.74, 6) is 0.587. The summed E-state index contributed by atoms with van der Waals surface area (Å²) in [4.78, 5) is 2.50. The minimum absolute atomic E-state index is 0.587. The lowest BCUT2D eigenvalue weighted by molar-refractivity contribution is 0.763. The van der Waals surface area contributed by atoms with E-state index in [0.717, 1.165) is 13.1 Å². The van der Waals surface area contributed by atoms with Crippen LogP contribution in [0.25, 0.3) is 0 Å². The third-order valence-electron chi connectivity index (χ3n) is 4.11. The third-order valence-corrected chi connectivity index (χ3v) is 4.42. The van der Waals surface area contributed by atoms with Gasteiger partial charge in [0.15, 0.2) is 0 Å². The van der Waals surface area contributed by atoms with E-state index in [9.17, 15) is 0 Å². The summed E-state index contributed by atoms with van der Waals surface area (Å²) in [5.41, 5.74) is 6.83. The second kappa shape index (κ2) is 5.88. The number of anilines is 1. The van der Waals surface area contributed by atoms with Crippen LogP contribution in [-0.4, -0.2) is 6.54 Å². The summed E-state index contributed by atoms with van der Waals surface area (Å²) >= 11 is 5.92. The summed E-state index contributed by atoms with van der Waals surface area (Å²) in [5, 5.41) is 0. The first-order valence-corrected chi connectivity index (χ1v) is 7.78. The summed E-state index contributed by atoms with van der Waals surface area (Å²) in [6.07, 6.45) is 2.40. The molecule has 3 rings (SSSR count). The number of hydrogen-bond donors (Lipinski definition) is 0. The van der Waals surface area contributed by atoms with E-state index >= 15 is 0 Å². The average molecular weight is 286 g/mol. The molecule has 2 aromatic rings. The van der Waals surface area contributed by atoms with Crippen LogP contribution in [0.5, 0.6) is 0 Å². The molecule has 20 heavy (non-hydrogen) atoms. The fourth-order valence-electron chi connectivity index (χ4n) is 3.06. The predicted molar refractivity (Wildman–Crippen MR) is 86.5 cm³/mol. The Morgan fingerprint density at radius 3 is 2.65 bits per heavy atom. The predicted octanol–water partition coefficient (Wildman–Crippen LogP) is 4.69. The second-order valence-electron chi connectivity index (χ2n) is 5.55. The minimum atomic E-state index is 0.587. The van der Waals surface area contributed by atoms with Gasteiger partial charge in [-0.3, -0.25) is 0 Å². The highest BCUT2D eigenvalue weighted by Gasteiger charge is 2.15. The Balaban J connectivity index is 1.91. The van der Waals surface area contributed by atoms with Crippen LogP contribution in [0.4, 0.5) is 5.69 Å². The van der Waals surface area contributed by atoms with E-state index in [1.807, 2.05) is 0 Å². The van der Waals surface area contributed by atoms with Gasteiger partial charge in [-0.1, -0.05) is 36.4 Å². The first-order valence-electron chi connectivity index (χ1n) is 7.25. The van der Waals surface area contributed by atoms with Crippen LogP contribution >= 0.6 is 11.6 Å². The quantitative estimate of drug-likeness (QED) is 0.724. The average Bonchev–Trinajstić information content (AvgIpc) is 2.69.